The first-order valence-corrected chi connectivity index (χ1v) is 7.89. The second kappa shape index (κ2) is 6.83. The SMILES string of the molecule is CN(C)c1ccc(CCC(=O)N2CCC[C@](C)(C#N)C2)cc1. The molecule has 1 aromatic carbocycles. The first-order valence-electron chi connectivity index (χ1n) is 7.89. The van der Waals surface area contributed by atoms with Crippen molar-refractivity contribution in [2.75, 3.05) is 32.1 Å². The molecule has 0 bridgehead atoms. The minimum absolute atomic E-state index is 0.165. The van der Waals surface area contributed by atoms with E-state index in [-0.39, 0.29) is 11.3 Å². The molecule has 2 rings (SSSR count). The first kappa shape index (κ1) is 16.4. The van der Waals surface area contributed by atoms with E-state index in [0.717, 1.165) is 31.5 Å². The van der Waals surface area contributed by atoms with Crippen LogP contribution in [-0.4, -0.2) is 38.0 Å². The summed E-state index contributed by atoms with van der Waals surface area (Å²) >= 11 is 0. The van der Waals surface area contributed by atoms with Crippen LogP contribution in [0.5, 0.6) is 0 Å². The Morgan fingerprint density at radius 3 is 2.64 bits per heavy atom. The van der Waals surface area contributed by atoms with E-state index in [2.05, 4.69) is 35.2 Å². The number of carbonyl (C=O) groups excluding carboxylic acids is 1. The molecule has 0 radical (unpaired) electrons. The van der Waals surface area contributed by atoms with Crippen molar-refractivity contribution < 1.29 is 4.79 Å². The van der Waals surface area contributed by atoms with E-state index in [0.29, 0.717) is 13.0 Å². The highest BCUT2D eigenvalue weighted by Gasteiger charge is 2.32. The highest BCUT2D eigenvalue weighted by atomic mass is 16.2. The zero-order chi connectivity index (χ0) is 16.2. The summed E-state index contributed by atoms with van der Waals surface area (Å²) in [5, 5.41) is 9.24. The van der Waals surface area contributed by atoms with Crippen LogP contribution in [-0.2, 0) is 11.2 Å². The maximum absolute atomic E-state index is 12.4. The lowest BCUT2D eigenvalue weighted by Gasteiger charge is -2.36. The number of hydrogen-bond donors (Lipinski definition) is 0. The van der Waals surface area contributed by atoms with Gasteiger partial charge in [0.2, 0.25) is 5.91 Å². The van der Waals surface area contributed by atoms with Gasteiger partial charge < -0.3 is 9.80 Å². The summed E-state index contributed by atoms with van der Waals surface area (Å²) < 4.78 is 0. The van der Waals surface area contributed by atoms with Crippen LogP contribution in [0.15, 0.2) is 24.3 Å². The number of amides is 1. The molecule has 1 atom stereocenters. The predicted molar refractivity (Wildman–Crippen MR) is 88.6 cm³/mol. The van der Waals surface area contributed by atoms with Crippen LogP contribution >= 0.6 is 0 Å². The maximum Gasteiger partial charge on any atom is 0.222 e. The molecule has 1 heterocycles. The number of nitriles is 1. The van der Waals surface area contributed by atoms with Crippen LogP contribution in [0.4, 0.5) is 5.69 Å². The lowest BCUT2D eigenvalue weighted by molar-refractivity contribution is -0.133. The third-order valence-electron chi connectivity index (χ3n) is 4.40. The monoisotopic (exact) mass is 299 g/mol. The minimum Gasteiger partial charge on any atom is -0.378 e. The Labute approximate surface area is 133 Å². The van der Waals surface area contributed by atoms with Gasteiger partial charge in [0.15, 0.2) is 0 Å². The molecule has 0 aromatic heterocycles. The van der Waals surface area contributed by atoms with Gasteiger partial charge in [0.25, 0.3) is 0 Å². The molecular weight excluding hydrogens is 274 g/mol. The summed E-state index contributed by atoms with van der Waals surface area (Å²) in [6.07, 6.45) is 3.09. The first-order chi connectivity index (χ1) is 10.4. The smallest absolute Gasteiger partial charge is 0.222 e. The molecule has 22 heavy (non-hydrogen) atoms. The number of benzene rings is 1. The molecular formula is C18H25N3O. The molecule has 0 unspecified atom stereocenters. The normalized spacial score (nSPS) is 21.3. The zero-order valence-corrected chi connectivity index (χ0v) is 13.8. The van der Waals surface area contributed by atoms with Crippen molar-refractivity contribution >= 4 is 11.6 Å². The Hall–Kier alpha value is -2.02. The number of piperidine rings is 1. The van der Waals surface area contributed by atoms with E-state index in [9.17, 15) is 10.1 Å². The summed E-state index contributed by atoms with van der Waals surface area (Å²) in [4.78, 5) is 16.3. The van der Waals surface area contributed by atoms with E-state index >= 15 is 0 Å². The molecule has 1 aliphatic heterocycles. The summed E-state index contributed by atoms with van der Waals surface area (Å²) in [6, 6.07) is 10.7. The fraction of sp³-hybridized carbons (Fsp3) is 0.556. The molecule has 1 saturated heterocycles. The van der Waals surface area contributed by atoms with Crippen LogP contribution in [0.3, 0.4) is 0 Å². The topological polar surface area (TPSA) is 47.3 Å². The van der Waals surface area contributed by atoms with Crippen molar-refractivity contribution in [1.82, 2.24) is 4.90 Å². The van der Waals surface area contributed by atoms with Crippen molar-refractivity contribution in [3.05, 3.63) is 29.8 Å². The third kappa shape index (κ3) is 4.00. The summed E-state index contributed by atoms with van der Waals surface area (Å²) in [5.41, 5.74) is 1.97. The van der Waals surface area contributed by atoms with Gasteiger partial charge in [0, 0.05) is 39.3 Å². The van der Waals surface area contributed by atoms with Crippen LogP contribution in [0.2, 0.25) is 0 Å². The van der Waals surface area contributed by atoms with Crippen LogP contribution < -0.4 is 4.90 Å². The summed E-state index contributed by atoms with van der Waals surface area (Å²) in [6.45, 7) is 3.31. The van der Waals surface area contributed by atoms with Crippen LogP contribution in [0, 0.1) is 16.7 Å². The quantitative estimate of drug-likeness (QED) is 0.859. The molecule has 0 aliphatic carbocycles. The van der Waals surface area contributed by atoms with Gasteiger partial charge in [-0.2, -0.15) is 5.26 Å². The van der Waals surface area contributed by atoms with Gasteiger partial charge in [0.1, 0.15) is 0 Å². The Morgan fingerprint density at radius 2 is 2.05 bits per heavy atom. The molecule has 4 nitrogen and oxygen atoms in total. The highest BCUT2D eigenvalue weighted by Crippen LogP contribution is 2.28. The summed E-state index contributed by atoms with van der Waals surface area (Å²) in [7, 11) is 4.03. The molecule has 1 amide bonds. The fourth-order valence-corrected chi connectivity index (χ4v) is 2.91. The molecule has 0 N–H and O–H groups in total. The van der Waals surface area contributed by atoms with E-state index in [1.54, 1.807) is 0 Å². The maximum atomic E-state index is 12.4. The molecule has 1 fully saturated rings. The number of aryl methyl sites for hydroxylation is 1. The minimum atomic E-state index is -0.374. The summed E-state index contributed by atoms with van der Waals surface area (Å²) in [5.74, 6) is 0.165. The lowest BCUT2D eigenvalue weighted by atomic mass is 9.83. The molecule has 1 aliphatic rings. The number of likely N-dealkylation sites (tertiary alicyclic amines) is 1. The second-order valence-electron chi connectivity index (χ2n) is 6.65. The Balaban J connectivity index is 1.88. The van der Waals surface area contributed by atoms with Gasteiger partial charge in [-0.1, -0.05) is 12.1 Å². The Kier molecular flexibility index (Phi) is 5.07. The van der Waals surface area contributed by atoms with Crippen molar-refractivity contribution in [3.8, 4) is 6.07 Å². The van der Waals surface area contributed by atoms with Crippen LogP contribution in [0.1, 0.15) is 31.7 Å². The van der Waals surface area contributed by atoms with Crippen molar-refractivity contribution in [1.29, 1.82) is 5.26 Å². The largest absolute Gasteiger partial charge is 0.378 e. The standard InChI is InChI=1S/C18H25N3O/c1-18(13-19)11-4-12-21(14-18)17(22)10-7-15-5-8-16(9-6-15)20(2)3/h5-6,8-9H,4,7,10-12,14H2,1-3H3/t18-/m1/s1. The third-order valence-corrected chi connectivity index (χ3v) is 4.40. The van der Waals surface area contributed by atoms with Gasteiger partial charge in [-0.25, -0.2) is 0 Å². The van der Waals surface area contributed by atoms with E-state index in [1.165, 1.54) is 5.56 Å². The number of nitrogens with zero attached hydrogens (tertiary/aromatic N) is 3. The second-order valence-corrected chi connectivity index (χ2v) is 6.65. The number of anilines is 1. The lowest BCUT2D eigenvalue weighted by Crippen LogP contribution is -2.44. The fourth-order valence-electron chi connectivity index (χ4n) is 2.91. The van der Waals surface area contributed by atoms with E-state index in [1.807, 2.05) is 25.9 Å². The van der Waals surface area contributed by atoms with Crippen molar-refractivity contribution in [2.45, 2.75) is 32.6 Å². The van der Waals surface area contributed by atoms with Crippen molar-refractivity contribution in [2.24, 2.45) is 5.41 Å². The average molecular weight is 299 g/mol. The average Bonchev–Trinajstić information content (AvgIpc) is 2.53. The molecule has 1 aromatic rings. The van der Waals surface area contributed by atoms with Gasteiger partial charge in [0.05, 0.1) is 11.5 Å². The van der Waals surface area contributed by atoms with Crippen molar-refractivity contribution in [3.63, 3.8) is 0 Å². The number of carbonyl (C=O) groups is 1. The van der Waals surface area contributed by atoms with E-state index < -0.39 is 0 Å². The number of rotatable bonds is 4. The van der Waals surface area contributed by atoms with E-state index in [4.69, 9.17) is 0 Å². The molecule has 4 heteroatoms. The Bertz CT molecular complexity index is 559. The highest BCUT2D eigenvalue weighted by molar-refractivity contribution is 5.76. The zero-order valence-electron chi connectivity index (χ0n) is 13.8. The Morgan fingerprint density at radius 1 is 1.36 bits per heavy atom. The molecule has 0 spiro atoms. The van der Waals surface area contributed by atoms with Gasteiger partial charge in [-0.3, -0.25) is 4.79 Å². The van der Waals surface area contributed by atoms with Gasteiger partial charge in [-0.05, 0) is 43.9 Å². The van der Waals surface area contributed by atoms with Crippen LogP contribution in [0.25, 0.3) is 0 Å². The molecule has 118 valence electrons. The molecule has 0 saturated carbocycles. The van der Waals surface area contributed by atoms with Gasteiger partial charge in [-0.15, -0.1) is 0 Å². The number of hydrogen-bond acceptors (Lipinski definition) is 3. The van der Waals surface area contributed by atoms with Gasteiger partial charge >= 0.3 is 0 Å². The predicted octanol–water partition coefficient (Wildman–Crippen LogP) is 2.84.